The summed E-state index contributed by atoms with van der Waals surface area (Å²) in [6, 6.07) is 4.95. The van der Waals surface area contributed by atoms with Crippen LogP contribution in [-0.2, 0) is 6.54 Å². The molecule has 1 saturated heterocycles. The van der Waals surface area contributed by atoms with Crippen LogP contribution in [0.25, 0.3) is 0 Å². The van der Waals surface area contributed by atoms with E-state index in [0.29, 0.717) is 12.1 Å². The summed E-state index contributed by atoms with van der Waals surface area (Å²) in [5.41, 5.74) is 1.33. The zero-order valence-corrected chi connectivity index (χ0v) is 10.8. The van der Waals surface area contributed by atoms with Crippen molar-refractivity contribution in [3.05, 3.63) is 29.3 Å². The van der Waals surface area contributed by atoms with Gasteiger partial charge in [0.2, 0.25) is 0 Å². The number of hydrogen-bond acceptors (Lipinski definition) is 3. The van der Waals surface area contributed by atoms with Crippen LogP contribution in [0.5, 0.6) is 5.75 Å². The van der Waals surface area contributed by atoms with Gasteiger partial charge >= 0.3 is 6.36 Å². The number of hydrogen-bond donors (Lipinski definition) is 1. The van der Waals surface area contributed by atoms with Crippen molar-refractivity contribution in [3.63, 3.8) is 0 Å². The lowest BCUT2D eigenvalue weighted by Gasteiger charge is -2.28. The topological polar surface area (TPSA) is 24.5 Å². The van der Waals surface area contributed by atoms with Crippen LogP contribution in [0.4, 0.5) is 13.2 Å². The summed E-state index contributed by atoms with van der Waals surface area (Å²) in [4.78, 5) is 2.12. The summed E-state index contributed by atoms with van der Waals surface area (Å²) in [6.07, 6.45) is -4.65. The molecule has 1 fully saturated rings. The Labute approximate surface area is 110 Å². The van der Waals surface area contributed by atoms with E-state index in [0.717, 1.165) is 31.7 Å². The Morgan fingerprint density at radius 1 is 1.26 bits per heavy atom. The number of rotatable bonds is 3. The molecular formula is C13H17F3N2O. The second-order valence-corrected chi connectivity index (χ2v) is 4.69. The Morgan fingerprint density at radius 2 is 1.95 bits per heavy atom. The van der Waals surface area contributed by atoms with Crippen molar-refractivity contribution < 1.29 is 17.9 Å². The monoisotopic (exact) mass is 274 g/mol. The quantitative estimate of drug-likeness (QED) is 0.915. The van der Waals surface area contributed by atoms with E-state index in [1.165, 1.54) is 6.07 Å². The van der Waals surface area contributed by atoms with Crippen molar-refractivity contribution in [2.75, 3.05) is 26.2 Å². The molecule has 1 aromatic carbocycles. The zero-order valence-electron chi connectivity index (χ0n) is 10.8. The van der Waals surface area contributed by atoms with Gasteiger partial charge in [0.1, 0.15) is 5.75 Å². The van der Waals surface area contributed by atoms with Crippen LogP contribution in [0.1, 0.15) is 11.1 Å². The minimum absolute atomic E-state index is 0.0916. The summed E-state index contributed by atoms with van der Waals surface area (Å²) < 4.78 is 41.3. The van der Waals surface area contributed by atoms with Gasteiger partial charge in [0, 0.05) is 38.3 Å². The summed E-state index contributed by atoms with van der Waals surface area (Å²) in [5, 5.41) is 3.21. The van der Waals surface area contributed by atoms with Gasteiger partial charge in [-0.05, 0) is 18.6 Å². The molecule has 1 heterocycles. The number of nitrogens with zero attached hydrogens (tertiary/aromatic N) is 1. The summed E-state index contributed by atoms with van der Waals surface area (Å²) >= 11 is 0. The maximum atomic E-state index is 12.4. The summed E-state index contributed by atoms with van der Waals surface area (Å²) in [7, 11) is 0. The fraction of sp³-hybridized carbons (Fsp3) is 0.538. The van der Waals surface area contributed by atoms with Gasteiger partial charge in [-0.25, -0.2) is 0 Å². The van der Waals surface area contributed by atoms with Crippen molar-refractivity contribution in [2.24, 2.45) is 0 Å². The van der Waals surface area contributed by atoms with Gasteiger partial charge in [0.25, 0.3) is 0 Å². The average Bonchev–Trinajstić information content (AvgIpc) is 2.32. The molecule has 106 valence electrons. The Kier molecular flexibility index (Phi) is 4.31. The molecule has 0 aromatic heterocycles. The van der Waals surface area contributed by atoms with Crippen LogP contribution < -0.4 is 10.1 Å². The molecule has 0 unspecified atom stereocenters. The molecule has 1 N–H and O–H groups in total. The average molecular weight is 274 g/mol. The van der Waals surface area contributed by atoms with E-state index < -0.39 is 6.36 Å². The molecule has 0 saturated carbocycles. The lowest BCUT2D eigenvalue weighted by atomic mass is 10.1. The standard InChI is InChI=1S/C13H17F3N2O/c1-10-2-3-11(9-18-6-4-17-5-7-18)12(8-10)19-13(14,15)16/h2-3,8,17H,4-7,9H2,1H3. The van der Waals surface area contributed by atoms with Crippen LogP contribution in [0, 0.1) is 6.92 Å². The highest BCUT2D eigenvalue weighted by atomic mass is 19.4. The summed E-state index contributed by atoms with van der Waals surface area (Å²) in [5.74, 6) is -0.0916. The first-order valence-electron chi connectivity index (χ1n) is 6.22. The third kappa shape index (κ3) is 4.40. The van der Waals surface area contributed by atoms with E-state index in [1.807, 2.05) is 0 Å². The highest BCUT2D eigenvalue weighted by Gasteiger charge is 2.32. The first-order valence-corrected chi connectivity index (χ1v) is 6.22. The Bertz CT molecular complexity index is 428. The van der Waals surface area contributed by atoms with E-state index in [2.05, 4.69) is 15.0 Å². The van der Waals surface area contributed by atoms with Crippen LogP contribution in [0.3, 0.4) is 0 Å². The molecule has 0 radical (unpaired) electrons. The van der Waals surface area contributed by atoms with E-state index in [1.54, 1.807) is 19.1 Å². The number of halogens is 3. The van der Waals surface area contributed by atoms with E-state index in [-0.39, 0.29) is 5.75 Å². The molecule has 1 aliphatic heterocycles. The first-order chi connectivity index (χ1) is 8.94. The van der Waals surface area contributed by atoms with Crippen molar-refractivity contribution in [2.45, 2.75) is 19.8 Å². The molecule has 6 heteroatoms. The van der Waals surface area contributed by atoms with Gasteiger partial charge < -0.3 is 10.1 Å². The molecule has 0 aliphatic carbocycles. The number of alkyl halides is 3. The maximum absolute atomic E-state index is 12.4. The molecule has 19 heavy (non-hydrogen) atoms. The van der Waals surface area contributed by atoms with Crippen molar-refractivity contribution in [1.29, 1.82) is 0 Å². The Balaban J connectivity index is 2.13. The molecule has 3 nitrogen and oxygen atoms in total. The largest absolute Gasteiger partial charge is 0.573 e. The third-order valence-corrected chi connectivity index (χ3v) is 3.05. The molecule has 0 spiro atoms. The third-order valence-electron chi connectivity index (χ3n) is 3.05. The van der Waals surface area contributed by atoms with Crippen LogP contribution in [-0.4, -0.2) is 37.4 Å². The van der Waals surface area contributed by atoms with Gasteiger partial charge in [0.15, 0.2) is 0 Å². The highest BCUT2D eigenvalue weighted by molar-refractivity contribution is 5.37. The number of aryl methyl sites for hydroxylation is 1. The maximum Gasteiger partial charge on any atom is 0.573 e. The molecule has 2 rings (SSSR count). The number of ether oxygens (including phenoxy) is 1. The van der Waals surface area contributed by atoms with Crippen molar-refractivity contribution >= 4 is 0 Å². The predicted molar refractivity (Wildman–Crippen MR) is 66.0 cm³/mol. The predicted octanol–water partition coefficient (Wildman–Crippen LogP) is 2.30. The van der Waals surface area contributed by atoms with E-state index in [9.17, 15) is 13.2 Å². The summed E-state index contributed by atoms with van der Waals surface area (Å²) in [6.45, 7) is 5.62. The fourth-order valence-electron chi connectivity index (χ4n) is 2.12. The van der Waals surface area contributed by atoms with E-state index in [4.69, 9.17) is 0 Å². The molecular weight excluding hydrogens is 257 g/mol. The van der Waals surface area contributed by atoms with Gasteiger partial charge in [-0.3, -0.25) is 4.90 Å². The minimum atomic E-state index is -4.65. The SMILES string of the molecule is Cc1ccc(CN2CCNCC2)c(OC(F)(F)F)c1. The zero-order chi connectivity index (χ0) is 13.9. The van der Waals surface area contributed by atoms with Crippen LogP contribution in [0.15, 0.2) is 18.2 Å². The van der Waals surface area contributed by atoms with Crippen LogP contribution >= 0.6 is 0 Å². The number of benzene rings is 1. The second-order valence-electron chi connectivity index (χ2n) is 4.69. The first kappa shape index (κ1) is 14.1. The lowest BCUT2D eigenvalue weighted by Crippen LogP contribution is -2.43. The van der Waals surface area contributed by atoms with Gasteiger partial charge in [-0.1, -0.05) is 12.1 Å². The molecule has 0 atom stereocenters. The molecule has 0 bridgehead atoms. The molecule has 1 aromatic rings. The van der Waals surface area contributed by atoms with Gasteiger partial charge in [0.05, 0.1) is 0 Å². The highest BCUT2D eigenvalue weighted by Crippen LogP contribution is 2.28. The van der Waals surface area contributed by atoms with Gasteiger partial charge in [-0.2, -0.15) is 0 Å². The number of piperazine rings is 1. The Hall–Kier alpha value is -1.27. The minimum Gasteiger partial charge on any atom is -0.405 e. The fourth-order valence-corrected chi connectivity index (χ4v) is 2.12. The lowest BCUT2D eigenvalue weighted by molar-refractivity contribution is -0.275. The number of nitrogens with one attached hydrogen (secondary N) is 1. The smallest absolute Gasteiger partial charge is 0.405 e. The van der Waals surface area contributed by atoms with E-state index >= 15 is 0 Å². The van der Waals surface area contributed by atoms with Crippen LogP contribution in [0.2, 0.25) is 0 Å². The second kappa shape index (κ2) is 5.79. The normalized spacial score (nSPS) is 17.5. The van der Waals surface area contributed by atoms with Gasteiger partial charge in [-0.15, -0.1) is 13.2 Å². The Morgan fingerprint density at radius 3 is 2.58 bits per heavy atom. The molecule has 0 amide bonds. The molecule has 1 aliphatic rings. The van der Waals surface area contributed by atoms with Crippen molar-refractivity contribution in [3.8, 4) is 5.75 Å². The van der Waals surface area contributed by atoms with Crippen molar-refractivity contribution in [1.82, 2.24) is 10.2 Å².